The molecule has 5 fully saturated rings. The molecule has 0 radical (unpaired) electrons. The van der Waals surface area contributed by atoms with Crippen LogP contribution in [0.5, 0.6) is 0 Å². The second-order valence-electron chi connectivity index (χ2n) is 9.38. The van der Waals surface area contributed by atoms with Crippen molar-refractivity contribution in [2.75, 3.05) is 6.61 Å². The Hall–Kier alpha value is -0.980. The third-order valence-corrected chi connectivity index (χ3v) is 7.61. The first-order valence-corrected chi connectivity index (χ1v) is 10.9. The van der Waals surface area contributed by atoms with Gasteiger partial charge in [-0.2, -0.15) is 0 Å². The van der Waals surface area contributed by atoms with Crippen molar-refractivity contribution in [3.8, 4) is 0 Å². The van der Waals surface area contributed by atoms with Crippen LogP contribution in [0.3, 0.4) is 0 Å². The van der Waals surface area contributed by atoms with Gasteiger partial charge in [0.1, 0.15) is 0 Å². The Labute approximate surface area is 167 Å². The number of fused-ring (bicyclic) bond motifs is 2. The Bertz CT molecular complexity index is 695. The lowest BCUT2D eigenvalue weighted by molar-refractivity contribution is -0.577. The molecule has 0 N–H and O–H groups in total. The molecule has 1 aromatic rings. The first-order valence-electron chi connectivity index (χ1n) is 10.9. The quantitative estimate of drug-likeness (QED) is 0.713. The van der Waals surface area contributed by atoms with Crippen LogP contribution in [-0.2, 0) is 30.4 Å². The topological polar surface area (TPSA) is 46.2 Å². The number of ether oxygens (including phenoxy) is 3. The second kappa shape index (κ2) is 7.06. The van der Waals surface area contributed by atoms with Crippen molar-refractivity contribution in [3.05, 3.63) is 35.9 Å². The van der Waals surface area contributed by atoms with Crippen LogP contribution < -0.4 is 0 Å². The van der Waals surface area contributed by atoms with Gasteiger partial charge in [0, 0.05) is 18.3 Å². The van der Waals surface area contributed by atoms with E-state index >= 15 is 0 Å². The minimum absolute atomic E-state index is 0.233. The van der Waals surface area contributed by atoms with Crippen LogP contribution in [0.15, 0.2) is 30.3 Å². The summed E-state index contributed by atoms with van der Waals surface area (Å²) in [5.41, 5.74) is 0.773. The van der Waals surface area contributed by atoms with Crippen LogP contribution in [0.2, 0.25) is 0 Å². The van der Waals surface area contributed by atoms with Gasteiger partial charge in [-0.15, -0.1) is 0 Å². The summed E-state index contributed by atoms with van der Waals surface area (Å²) in [6.07, 6.45) is 4.39. The van der Waals surface area contributed by atoms with E-state index in [2.05, 4.69) is 38.1 Å². The molecule has 4 aliphatic heterocycles. The van der Waals surface area contributed by atoms with E-state index in [4.69, 9.17) is 24.0 Å². The van der Waals surface area contributed by atoms with Gasteiger partial charge in [-0.3, -0.25) is 0 Å². The molecule has 154 valence electrons. The van der Waals surface area contributed by atoms with E-state index in [1.807, 2.05) is 13.0 Å². The third-order valence-electron chi connectivity index (χ3n) is 7.61. The normalized spacial score (nSPS) is 47.4. The molecule has 5 heteroatoms. The maximum atomic E-state index is 6.45. The molecule has 4 heterocycles. The van der Waals surface area contributed by atoms with Crippen LogP contribution in [0.1, 0.15) is 52.0 Å². The molecule has 4 saturated heterocycles. The highest BCUT2D eigenvalue weighted by atomic mass is 17.3. The molecule has 1 aliphatic carbocycles. The fourth-order valence-corrected chi connectivity index (χ4v) is 6.00. The fourth-order valence-electron chi connectivity index (χ4n) is 6.00. The van der Waals surface area contributed by atoms with Gasteiger partial charge in [-0.05, 0) is 50.0 Å². The third kappa shape index (κ3) is 2.94. The molecule has 2 bridgehead atoms. The van der Waals surface area contributed by atoms with Gasteiger partial charge >= 0.3 is 0 Å². The molecule has 1 saturated carbocycles. The van der Waals surface area contributed by atoms with Crippen LogP contribution in [0.25, 0.3) is 0 Å². The van der Waals surface area contributed by atoms with Crippen molar-refractivity contribution < 1.29 is 24.0 Å². The number of hydrogen-bond donors (Lipinski definition) is 0. The first kappa shape index (κ1) is 19.0. The highest BCUT2D eigenvalue weighted by Crippen LogP contribution is 2.60. The Morgan fingerprint density at radius 2 is 1.86 bits per heavy atom. The molecule has 0 aromatic heterocycles. The molecule has 0 unspecified atom stereocenters. The SMILES string of the molecule is C[C@H]1[C@H](OCCc2ccccc2)O[C@H]2O[C@@]3(C)CC[C@H]4[C@H](C)CC[C@@H]1[C@@]24OO3. The van der Waals surface area contributed by atoms with Crippen molar-refractivity contribution >= 4 is 0 Å². The predicted octanol–water partition coefficient (Wildman–Crippen LogP) is 4.45. The van der Waals surface area contributed by atoms with Gasteiger partial charge in [0.25, 0.3) is 0 Å². The van der Waals surface area contributed by atoms with Gasteiger partial charge in [-0.1, -0.05) is 44.2 Å². The molecule has 1 spiro atoms. The molecule has 5 aliphatic rings. The van der Waals surface area contributed by atoms with Crippen molar-refractivity contribution in [1.82, 2.24) is 0 Å². The van der Waals surface area contributed by atoms with Gasteiger partial charge in [0.15, 0.2) is 18.2 Å². The van der Waals surface area contributed by atoms with E-state index < -0.39 is 17.7 Å². The van der Waals surface area contributed by atoms with Crippen LogP contribution in [0, 0.1) is 23.7 Å². The summed E-state index contributed by atoms with van der Waals surface area (Å²) >= 11 is 0. The minimum atomic E-state index is -0.729. The zero-order valence-electron chi connectivity index (χ0n) is 17.1. The molecular weight excluding hydrogens is 356 g/mol. The summed E-state index contributed by atoms with van der Waals surface area (Å²) < 4.78 is 19.1. The van der Waals surface area contributed by atoms with Gasteiger partial charge in [0.2, 0.25) is 5.79 Å². The Morgan fingerprint density at radius 1 is 1.04 bits per heavy atom. The molecule has 1 aromatic carbocycles. The zero-order valence-corrected chi connectivity index (χ0v) is 17.1. The molecular formula is C23H32O5. The summed E-state index contributed by atoms with van der Waals surface area (Å²) in [6.45, 7) is 7.17. The maximum absolute atomic E-state index is 6.45. The predicted molar refractivity (Wildman–Crippen MR) is 103 cm³/mol. The maximum Gasteiger partial charge on any atom is 0.201 e. The van der Waals surface area contributed by atoms with Crippen LogP contribution >= 0.6 is 0 Å². The first-order chi connectivity index (χ1) is 13.5. The number of benzene rings is 1. The van der Waals surface area contributed by atoms with Crippen LogP contribution in [0.4, 0.5) is 0 Å². The number of rotatable bonds is 4. The van der Waals surface area contributed by atoms with Crippen molar-refractivity contribution in [3.63, 3.8) is 0 Å². The summed E-state index contributed by atoms with van der Waals surface area (Å²) in [5.74, 6) is 0.798. The molecule has 0 amide bonds. The second-order valence-corrected chi connectivity index (χ2v) is 9.38. The van der Waals surface area contributed by atoms with E-state index in [0.717, 1.165) is 25.7 Å². The highest BCUT2D eigenvalue weighted by molar-refractivity contribution is 5.14. The van der Waals surface area contributed by atoms with Crippen molar-refractivity contribution in [2.24, 2.45) is 23.7 Å². The average molecular weight is 389 g/mol. The molecule has 8 atom stereocenters. The van der Waals surface area contributed by atoms with E-state index in [1.165, 1.54) is 12.0 Å². The number of hydrogen-bond acceptors (Lipinski definition) is 5. The summed E-state index contributed by atoms with van der Waals surface area (Å²) in [4.78, 5) is 12.0. The van der Waals surface area contributed by atoms with Gasteiger partial charge in [0.05, 0.1) is 6.61 Å². The Morgan fingerprint density at radius 3 is 2.68 bits per heavy atom. The van der Waals surface area contributed by atoms with E-state index in [9.17, 15) is 0 Å². The average Bonchev–Trinajstić information content (AvgIpc) is 2.92. The van der Waals surface area contributed by atoms with E-state index in [-0.39, 0.29) is 12.2 Å². The summed E-state index contributed by atoms with van der Waals surface area (Å²) in [5, 5.41) is 0. The summed E-state index contributed by atoms with van der Waals surface area (Å²) in [6, 6.07) is 10.4. The molecule has 28 heavy (non-hydrogen) atoms. The Kier molecular flexibility index (Phi) is 4.80. The van der Waals surface area contributed by atoms with Gasteiger partial charge in [-0.25, -0.2) is 9.78 Å². The largest absolute Gasteiger partial charge is 0.352 e. The van der Waals surface area contributed by atoms with Crippen molar-refractivity contribution in [2.45, 2.75) is 76.8 Å². The summed E-state index contributed by atoms with van der Waals surface area (Å²) in [7, 11) is 0. The molecule has 5 nitrogen and oxygen atoms in total. The zero-order chi connectivity index (χ0) is 19.4. The lowest BCUT2D eigenvalue weighted by Gasteiger charge is -2.60. The lowest BCUT2D eigenvalue weighted by atomic mass is 9.58. The smallest absolute Gasteiger partial charge is 0.201 e. The van der Waals surface area contributed by atoms with Gasteiger partial charge < -0.3 is 14.2 Å². The van der Waals surface area contributed by atoms with E-state index in [0.29, 0.717) is 24.4 Å². The minimum Gasteiger partial charge on any atom is -0.352 e. The van der Waals surface area contributed by atoms with Crippen LogP contribution in [-0.4, -0.2) is 30.6 Å². The standard InChI is InChI=1S/C23H32O5/c1-15-9-10-19-16(2)20(24-14-12-17-7-5-4-6-8-17)25-21-23(19)18(15)11-13-22(3,26-21)27-28-23/h4-8,15-16,18-21H,9-14H2,1-3H3/t15-,16-,18+,19+,20-,21+,22-,23-/m1/s1. The Balaban J connectivity index is 1.36. The molecule has 6 rings (SSSR count). The fraction of sp³-hybridized carbons (Fsp3) is 0.739. The highest BCUT2D eigenvalue weighted by Gasteiger charge is 2.69. The lowest BCUT2D eigenvalue weighted by Crippen LogP contribution is -2.70. The van der Waals surface area contributed by atoms with E-state index in [1.54, 1.807) is 0 Å². The van der Waals surface area contributed by atoms with Crippen molar-refractivity contribution in [1.29, 1.82) is 0 Å². The monoisotopic (exact) mass is 388 g/mol.